The van der Waals surface area contributed by atoms with Gasteiger partial charge < -0.3 is 5.32 Å². The molecule has 0 bridgehead atoms. The van der Waals surface area contributed by atoms with Crippen molar-refractivity contribution in [3.63, 3.8) is 0 Å². The normalized spacial score (nSPS) is 14.1. The number of aryl methyl sites for hydroxylation is 1. The summed E-state index contributed by atoms with van der Waals surface area (Å²) >= 11 is 7.87. The molecule has 0 aliphatic rings. The predicted molar refractivity (Wildman–Crippen MR) is 74.6 cm³/mol. The van der Waals surface area contributed by atoms with Crippen LogP contribution in [-0.4, -0.2) is 12.6 Å². The Balaban J connectivity index is 2.54. The van der Waals surface area contributed by atoms with Crippen LogP contribution in [0.3, 0.4) is 0 Å². The van der Waals surface area contributed by atoms with E-state index in [1.54, 1.807) is 11.3 Å². The molecule has 0 fully saturated rings. The summed E-state index contributed by atoms with van der Waals surface area (Å²) in [5.41, 5.74) is 0.305. The lowest BCUT2D eigenvalue weighted by atomic mass is 9.84. The molecule has 0 amide bonds. The van der Waals surface area contributed by atoms with Gasteiger partial charge in [0, 0.05) is 10.9 Å². The number of halogens is 1. The summed E-state index contributed by atoms with van der Waals surface area (Å²) < 4.78 is 0. The minimum atomic E-state index is 0.305. The van der Waals surface area contributed by atoms with Crippen LogP contribution >= 0.6 is 22.9 Å². The van der Waals surface area contributed by atoms with Gasteiger partial charge in [0.2, 0.25) is 0 Å². The fourth-order valence-electron chi connectivity index (χ4n) is 1.87. The third-order valence-corrected chi connectivity index (χ3v) is 4.29. The Kier molecular flexibility index (Phi) is 5.29. The predicted octanol–water partition coefficient (Wildman–Crippen LogP) is 4.36. The number of hydrogen-bond donors (Lipinski definition) is 1. The molecular formula is C13H22ClNS. The molecule has 1 atom stereocenters. The van der Waals surface area contributed by atoms with E-state index in [9.17, 15) is 0 Å². The zero-order chi connectivity index (χ0) is 12.2. The highest BCUT2D eigenvalue weighted by molar-refractivity contribution is 7.10. The lowest BCUT2D eigenvalue weighted by Gasteiger charge is -2.31. The van der Waals surface area contributed by atoms with Crippen molar-refractivity contribution in [1.82, 2.24) is 5.32 Å². The molecule has 92 valence electrons. The van der Waals surface area contributed by atoms with E-state index in [1.165, 1.54) is 4.88 Å². The summed E-state index contributed by atoms with van der Waals surface area (Å²) in [4.78, 5) is 1.31. The maximum Gasteiger partial charge on any atom is 0.0544 e. The summed E-state index contributed by atoms with van der Waals surface area (Å²) in [5.74, 6) is 0. The molecule has 3 heteroatoms. The largest absolute Gasteiger partial charge is 0.314 e. The zero-order valence-electron chi connectivity index (χ0n) is 10.6. The highest BCUT2D eigenvalue weighted by Gasteiger charge is 2.23. The summed E-state index contributed by atoms with van der Waals surface area (Å²) in [6.45, 7) is 10.1. The lowest BCUT2D eigenvalue weighted by molar-refractivity contribution is 0.259. The van der Waals surface area contributed by atoms with Crippen molar-refractivity contribution in [3.05, 3.63) is 21.3 Å². The molecule has 0 radical (unpaired) electrons. The number of rotatable bonds is 5. The fraction of sp³-hybridized carbons (Fsp3) is 0.692. The Hall–Kier alpha value is -0.0500. The van der Waals surface area contributed by atoms with Gasteiger partial charge in [-0.2, -0.15) is 0 Å². The topological polar surface area (TPSA) is 12.0 Å². The van der Waals surface area contributed by atoms with Gasteiger partial charge in [-0.1, -0.05) is 39.3 Å². The van der Waals surface area contributed by atoms with Crippen molar-refractivity contribution in [3.8, 4) is 0 Å². The second kappa shape index (κ2) is 6.04. The van der Waals surface area contributed by atoms with Crippen LogP contribution in [-0.2, 0) is 6.42 Å². The number of hydrogen-bond acceptors (Lipinski definition) is 2. The Morgan fingerprint density at radius 2 is 2.12 bits per heavy atom. The molecule has 0 aliphatic carbocycles. The Bertz CT molecular complexity index is 314. The van der Waals surface area contributed by atoms with Crippen LogP contribution < -0.4 is 5.32 Å². The second-order valence-corrected chi connectivity index (χ2v) is 6.61. The molecule has 1 unspecified atom stereocenters. The first-order valence-corrected chi connectivity index (χ1v) is 7.16. The van der Waals surface area contributed by atoms with E-state index in [0.29, 0.717) is 11.5 Å². The van der Waals surface area contributed by atoms with E-state index in [0.717, 1.165) is 24.4 Å². The highest BCUT2D eigenvalue weighted by Crippen LogP contribution is 2.27. The van der Waals surface area contributed by atoms with Gasteiger partial charge in [-0.05, 0) is 36.2 Å². The van der Waals surface area contributed by atoms with Gasteiger partial charge in [0.15, 0.2) is 0 Å². The van der Waals surface area contributed by atoms with Gasteiger partial charge in [-0.3, -0.25) is 0 Å². The first-order valence-electron chi connectivity index (χ1n) is 5.90. The standard InChI is InChI=1S/C13H22ClNS/c1-5-15-12(13(2,3)4)7-6-11-10(14)8-9-16-11/h8-9,12,15H,5-7H2,1-4H3. The van der Waals surface area contributed by atoms with Crippen LogP contribution in [0.1, 0.15) is 39.0 Å². The Labute approximate surface area is 108 Å². The first kappa shape index (κ1) is 14.0. The average Bonchev–Trinajstić information content (AvgIpc) is 2.57. The first-order chi connectivity index (χ1) is 7.45. The van der Waals surface area contributed by atoms with E-state index in [-0.39, 0.29) is 0 Å². The number of nitrogens with one attached hydrogen (secondary N) is 1. The minimum absolute atomic E-state index is 0.305. The van der Waals surface area contributed by atoms with E-state index in [2.05, 4.69) is 38.4 Å². The molecular weight excluding hydrogens is 238 g/mol. The molecule has 0 saturated carbocycles. The van der Waals surface area contributed by atoms with E-state index in [4.69, 9.17) is 11.6 Å². The van der Waals surface area contributed by atoms with Crippen molar-refractivity contribution in [2.45, 2.75) is 46.6 Å². The Morgan fingerprint density at radius 1 is 1.44 bits per heavy atom. The van der Waals surface area contributed by atoms with Crippen molar-refractivity contribution in [2.24, 2.45) is 5.41 Å². The molecule has 1 aromatic heterocycles. The molecule has 1 nitrogen and oxygen atoms in total. The molecule has 0 aliphatic heterocycles. The van der Waals surface area contributed by atoms with Gasteiger partial charge in [-0.25, -0.2) is 0 Å². The highest BCUT2D eigenvalue weighted by atomic mass is 35.5. The molecule has 1 rings (SSSR count). The summed E-state index contributed by atoms with van der Waals surface area (Å²) in [5, 5.41) is 6.56. The van der Waals surface area contributed by atoms with E-state index in [1.807, 2.05) is 6.07 Å². The van der Waals surface area contributed by atoms with Crippen molar-refractivity contribution in [2.75, 3.05) is 6.54 Å². The van der Waals surface area contributed by atoms with Crippen LogP contribution in [0.5, 0.6) is 0 Å². The number of thiophene rings is 1. The summed E-state index contributed by atoms with van der Waals surface area (Å²) in [7, 11) is 0. The van der Waals surface area contributed by atoms with Crippen LogP contribution in [0, 0.1) is 5.41 Å². The molecule has 0 saturated heterocycles. The van der Waals surface area contributed by atoms with Crippen molar-refractivity contribution in [1.29, 1.82) is 0 Å². The monoisotopic (exact) mass is 259 g/mol. The summed E-state index contributed by atoms with van der Waals surface area (Å²) in [6.07, 6.45) is 2.23. The molecule has 1 heterocycles. The molecule has 1 aromatic rings. The van der Waals surface area contributed by atoms with Crippen LogP contribution in [0.15, 0.2) is 11.4 Å². The second-order valence-electron chi connectivity index (χ2n) is 5.21. The molecule has 1 N–H and O–H groups in total. The maximum atomic E-state index is 6.10. The lowest BCUT2D eigenvalue weighted by Crippen LogP contribution is -2.40. The van der Waals surface area contributed by atoms with Gasteiger partial charge >= 0.3 is 0 Å². The minimum Gasteiger partial charge on any atom is -0.314 e. The van der Waals surface area contributed by atoms with Crippen LogP contribution in [0.2, 0.25) is 5.02 Å². The van der Waals surface area contributed by atoms with Crippen LogP contribution in [0.4, 0.5) is 0 Å². The molecule has 0 aromatic carbocycles. The van der Waals surface area contributed by atoms with Gasteiger partial charge in [-0.15, -0.1) is 11.3 Å². The third-order valence-electron chi connectivity index (χ3n) is 2.85. The van der Waals surface area contributed by atoms with Gasteiger partial charge in [0.1, 0.15) is 0 Å². The smallest absolute Gasteiger partial charge is 0.0544 e. The SMILES string of the molecule is CCNC(CCc1sccc1Cl)C(C)(C)C. The maximum absolute atomic E-state index is 6.10. The molecule has 0 spiro atoms. The fourth-order valence-corrected chi connectivity index (χ4v) is 3.02. The van der Waals surface area contributed by atoms with Crippen LogP contribution in [0.25, 0.3) is 0 Å². The Morgan fingerprint density at radius 3 is 2.56 bits per heavy atom. The van der Waals surface area contributed by atoms with E-state index >= 15 is 0 Å². The van der Waals surface area contributed by atoms with E-state index < -0.39 is 0 Å². The van der Waals surface area contributed by atoms with Gasteiger partial charge in [0.05, 0.1) is 5.02 Å². The summed E-state index contributed by atoms with van der Waals surface area (Å²) in [6, 6.07) is 2.54. The average molecular weight is 260 g/mol. The third kappa shape index (κ3) is 4.08. The molecule has 16 heavy (non-hydrogen) atoms. The van der Waals surface area contributed by atoms with Crippen molar-refractivity contribution < 1.29 is 0 Å². The van der Waals surface area contributed by atoms with Crippen molar-refractivity contribution >= 4 is 22.9 Å². The zero-order valence-corrected chi connectivity index (χ0v) is 12.2. The quantitative estimate of drug-likeness (QED) is 0.829. The van der Waals surface area contributed by atoms with Gasteiger partial charge in [0.25, 0.3) is 0 Å².